The molecule has 1 fully saturated rings. The number of carbonyl (C=O) groups is 2. The van der Waals surface area contributed by atoms with Crippen molar-refractivity contribution in [2.45, 2.75) is 40.0 Å². The fraction of sp³-hybridized carbons (Fsp3) is 0.636. The quantitative estimate of drug-likeness (QED) is 0.603. The highest BCUT2D eigenvalue weighted by Crippen LogP contribution is 2.17. The number of rotatable bonds is 10. The molecule has 0 aliphatic carbocycles. The summed E-state index contributed by atoms with van der Waals surface area (Å²) in [5, 5.41) is 5.58. The number of amides is 2. The van der Waals surface area contributed by atoms with Gasteiger partial charge in [-0.2, -0.15) is 0 Å². The molecule has 0 saturated carbocycles. The largest absolute Gasteiger partial charge is 0.369 e. The van der Waals surface area contributed by atoms with Crippen LogP contribution in [0.5, 0.6) is 0 Å². The van der Waals surface area contributed by atoms with Crippen LogP contribution in [0.25, 0.3) is 0 Å². The molecule has 2 rings (SSSR count). The summed E-state index contributed by atoms with van der Waals surface area (Å²) >= 11 is 0. The molecule has 0 bridgehead atoms. The molecule has 1 aliphatic heterocycles. The van der Waals surface area contributed by atoms with Crippen LogP contribution in [0.3, 0.4) is 0 Å². The van der Waals surface area contributed by atoms with Crippen LogP contribution in [0.1, 0.15) is 38.7 Å². The Morgan fingerprint density at radius 1 is 1.07 bits per heavy atom. The van der Waals surface area contributed by atoms with E-state index in [-0.39, 0.29) is 18.4 Å². The third kappa shape index (κ3) is 8.30. The van der Waals surface area contributed by atoms with Gasteiger partial charge in [-0.05, 0) is 49.9 Å². The Kier molecular flexibility index (Phi) is 9.28. The summed E-state index contributed by atoms with van der Waals surface area (Å²) in [6, 6.07) is 8.67. The first kappa shape index (κ1) is 22.2. The molecule has 0 atom stereocenters. The lowest BCUT2D eigenvalue weighted by Crippen LogP contribution is -2.47. The molecule has 2 N–H and O–H groups in total. The zero-order valence-corrected chi connectivity index (χ0v) is 17.7. The molecule has 156 valence electrons. The zero-order chi connectivity index (χ0) is 20.4. The molecule has 28 heavy (non-hydrogen) atoms. The van der Waals surface area contributed by atoms with E-state index in [0.29, 0.717) is 18.9 Å². The van der Waals surface area contributed by atoms with Gasteiger partial charge in [0.25, 0.3) is 0 Å². The normalized spacial score (nSPS) is 14.9. The summed E-state index contributed by atoms with van der Waals surface area (Å²) in [6.45, 7) is 12.2. The van der Waals surface area contributed by atoms with Gasteiger partial charge in [-0.3, -0.25) is 14.5 Å². The van der Waals surface area contributed by atoms with Crippen molar-refractivity contribution >= 4 is 17.5 Å². The summed E-state index contributed by atoms with van der Waals surface area (Å²) in [4.78, 5) is 28.3. The van der Waals surface area contributed by atoms with Crippen LogP contribution < -0.4 is 15.5 Å². The predicted octanol–water partition coefficient (Wildman–Crippen LogP) is 2.18. The van der Waals surface area contributed by atoms with Gasteiger partial charge in [0, 0.05) is 44.8 Å². The first-order valence-electron chi connectivity index (χ1n) is 10.5. The molecule has 1 saturated heterocycles. The second-order valence-corrected chi connectivity index (χ2v) is 8.08. The molecule has 1 heterocycles. The fourth-order valence-electron chi connectivity index (χ4n) is 3.33. The number of nitrogens with zero attached hydrogens (tertiary/aromatic N) is 2. The first-order chi connectivity index (χ1) is 13.4. The molecule has 6 heteroatoms. The fourth-order valence-corrected chi connectivity index (χ4v) is 3.33. The van der Waals surface area contributed by atoms with E-state index >= 15 is 0 Å². The monoisotopic (exact) mass is 388 g/mol. The van der Waals surface area contributed by atoms with Gasteiger partial charge in [0.2, 0.25) is 11.8 Å². The van der Waals surface area contributed by atoms with Crippen LogP contribution in [0, 0.1) is 12.8 Å². The molecule has 1 aliphatic rings. The van der Waals surface area contributed by atoms with Crippen molar-refractivity contribution in [1.29, 1.82) is 0 Å². The lowest BCUT2D eigenvalue weighted by molar-refractivity contribution is -0.126. The summed E-state index contributed by atoms with van der Waals surface area (Å²) in [5.74, 6) is 0.343. The minimum atomic E-state index is -0.109. The van der Waals surface area contributed by atoms with Crippen LogP contribution in [0.2, 0.25) is 0 Å². The highest BCUT2D eigenvalue weighted by Gasteiger charge is 2.16. The van der Waals surface area contributed by atoms with Crippen LogP contribution in [0.4, 0.5) is 5.69 Å². The predicted molar refractivity (Wildman–Crippen MR) is 115 cm³/mol. The van der Waals surface area contributed by atoms with Gasteiger partial charge in [-0.15, -0.1) is 0 Å². The van der Waals surface area contributed by atoms with Crippen molar-refractivity contribution < 1.29 is 9.59 Å². The summed E-state index contributed by atoms with van der Waals surface area (Å²) in [5.41, 5.74) is 2.61. The summed E-state index contributed by atoms with van der Waals surface area (Å²) in [7, 11) is 0. The number of hydrogen-bond acceptors (Lipinski definition) is 4. The zero-order valence-electron chi connectivity index (χ0n) is 17.7. The maximum Gasteiger partial charge on any atom is 0.239 e. The minimum absolute atomic E-state index is 0.0460. The lowest BCUT2D eigenvalue weighted by atomic mass is 10.1. The first-order valence-corrected chi connectivity index (χ1v) is 10.5. The minimum Gasteiger partial charge on any atom is -0.369 e. The molecular weight excluding hydrogens is 352 g/mol. The molecule has 0 spiro atoms. The number of hydrogen-bond donors (Lipinski definition) is 2. The lowest BCUT2D eigenvalue weighted by Gasteiger charge is -2.36. The van der Waals surface area contributed by atoms with Crippen LogP contribution in [-0.4, -0.2) is 62.5 Å². The van der Waals surface area contributed by atoms with Crippen molar-refractivity contribution in [2.75, 3.05) is 50.7 Å². The van der Waals surface area contributed by atoms with Crippen molar-refractivity contribution in [1.82, 2.24) is 15.5 Å². The highest BCUT2D eigenvalue weighted by atomic mass is 16.2. The second kappa shape index (κ2) is 11.7. The average molecular weight is 389 g/mol. The Morgan fingerprint density at radius 3 is 2.50 bits per heavy atom. The van der Waals surface area contributed by atoms with E-state index in [1.807, 2.05) is 0 Å². The number of aryl methyl sites for hydroxylation is 1. The average Bonchev–Trinajstić information content (AvgIpc) is 2.68. The Morgan fingerprint density at radius 2 is 1.82 bits per heavy atom. The maximum atomic E-state index is 11.8. The summed E-state index contributed by atoms with van der Waals surface area (Å²) < 4.78 is 0. The molecule has 0 unspecified atom stereocenters. The smallest absolute Gasteiger partial charge is 0.239 e. The van der Waals surface area contributed by atoms with E-state index in [2.05, 4.69) is 65.5 Å². The van der Waals surface area contributed by atoms with Crippen LogP contribution >= 0.6 is 0 Å². The third-order valence-corrected chi connectivity index (χ3v) is 5.11. The van der Waals surface area contributed by atoms with Gasteiger partial charge in [0.15, 0.2) is 0 Å². The maximum absolute atomic E-state index is 11.8. The van der Waals surface area contributed by atoms with E-state index in [0.717, 1.165) is 45.6 Å². The molecule has 1 aromatic carbocycles. The third-order valence-electron chi connectivity index (χ3n) is 5.11. The number of carbonyl (C=O) groups excluding carboxylic acids is 2. The number of anilines is 1. The Bertz CT molecular complexity index is 625. The van der Waals surface area contributed by atoms with Crippen molar-refractivity contribution in [3.63, 3.8) is 0 Å². The van der Waals surface area contributed by atoms with Gasteiger partial charge in [-0.1, -0.05) is 26.0 Å². The molecule has 0 aromatic heterocycles. The van der Waals surface area contributed by atoms with Gasteiger partial charge in [0.1, 0.15) is 0 Å². The Balaban J connectivity index is 1.53. The number of piperazine rings is 1. The van der Waals surface area contributed by atoms with Crippen molar-refractivity contribution in [2.24, 2.45) is 5.92 Å². The standard InChI is InChI=1S/C22H36N4O2/c1-18(2)8-9-21(27)24-17-22(28)23-10-5-11-25-12-14-26(15-13-25)20-7-4-6-19(3)16-20/h4,6-7,16,18H,5,8-15,17H2,1-3H3,(H,23,28)(H,24,27). The Hall–Kier alpha value is -2.08. The van der Waals surface area contributed by atoms with E-state index in [1.54, 1.807) is 0 Å². The highest BCUT2D eigenvalue weighted by molar-refractivity contribution is 5.84. The van der Waals surface area contributed by atoms with E-state index < -0.39 is 0 Å². The molecule has 1 aromatic rings. The SMILES string of the molecule is Cc1cccc(N2CCN(CCCNC(=O)CNC(=O)CCC(C)C)CC2)c1. The topological polar surface area (TPSA) is 64.7 Å². The molecule has 2 amide bonds. The molecule has 6 nitrogen and oxygen atoms in total. The molecular formula is C22H36N4O2. The van der Waals surface area contributed by atoms with E-state index in [1.165, 1.54) is 11.3 Å². The van der Waals surface area contributed by atoms with Crippen LogP contribution in [0.15, 0.2) is 24.3 Å². The van der Waals surface area contributed by atoms with Gasteiger partial charge >= 0.3 is 0 Å². The van der Waals surface area contributed by atoms with E-state index in [4.69, 9.17) is 0 Å². The van der Waals surface area contributed by atoms with Gasteiger partial charge < -0.3 is 15.5 Å². The van der Waals surface area contributed by atoms with Gasteiger partial charge in [-0.25, -0.2) is 0 Å². The van der Waals surface area contributed by atoms with Crippen molar-refractivity contribution in [3.8, 4) is 0 Å². The Labute approximate surface area is 169 Å². The summed E-state index contributed by atoms with van der Waals surface area (Å²) in [6.07, 6.45) is 2.27. The van der Waals surface area contributed by atoms with Gasteiger partial charge in [0.05, 0.1) is 6.54 Å². The number of benzene rings is 1. The molecule has 0 radical (unpaired) electrons. The number of nitrogens with one attached hydrogen (secondary N) is 2. The van der Waals surface area contributed by atoms with Crippen LogP contribution in [-0.2, 0) is 9.59 Å². The van der Waals surface area contributed by atoms with E-state index in [9.17, 15) is 9.59 Å². The van der Waals surface area contributed by atoms with Crippen molar-refractivity contribution in [3.05, 3.63) is 29.8 Å². The second-order valence-electron chi connectivity index (χ2n) is 8.08.